The van der Waals surface area contributed by atoms with Gasteiger partial charge in [-0.3, -0.25) is 10.1 Å². The molecule has 2 rings (SSSR count). The van der Waals surface area contributed by atoms with Crippen molar-refractivity contribution in [1.29, 1.82) is 0 Å². The number of aromatic nitrogens is 2. The van der Waals surface area contributed by atoms with Crippen LogP contribution in [0.3, 0.4) is 0 Å². The molecule has 3 N–H and O–H groups in total. The lowest BCUT2D eigenvalue weighted by atomic mass is 10.1. The maximum Gasteiger partial charge on any atom is 0.328 e. The molecular weight excluding hydrogens is 239 g/mol. The molecule has 1 heterocycles. The Hall–Kier alpha value is -2.44. The van der Waals surface area contributed by atoms with Gasteiger partial charge in [-0.1, -0.05) is 5.16 Å². The molecule has 0 saturated carbocycles. The molecular formula is C11H11FN4O2. The minimum Gasteiger partial charge on any atom is -0.399 e. The monoisotopic (exact) mass is 250 g/mol. The van der Waals surface area contributed by atoms with Gasteiger partial charge < -0.3 is 10.3 Å². The number of rotatable bonds is 2. The van der Waals surface area contributed by atoms with Crippen LogP contribution in [0.15, 0.2) is 16.7 Å². The van der Waals surface area contributed by atoms with Crippen molar-refractivity contribution in [3.05, 3.63) is 34.9 Å². The summed E-state index contributed by atoms with van der Waals surface area (Å²) in [4.78, 5) is 15.6. The number of nitrogens with two attached hydrogens (primary N) is 1. The number of nitrogen functional groups attached to an aromatic ring is 1. The third-order valence-electron chi connectivity index (χ3n) is 2.27. The number of aryl methyl sites for hydroxylation is 2. The molecule has 18 heavy (non-hydrogen) atoms. The van der Waals surface area contributed by atoms with Crippen LogP contribution in [-0.4, -0.2) is 16.0 Å². The van der Waals surface area contributed by atoms with E-state index < -0.39 is 11.7 Å². The number of nitrogens with zero attached hydrogens (tertiary/aromatic N) is 2. The number of benzene rings is 1. The van der Waals surface area contributed by atoms with Gasteiger partial charge >= 0.3 is 6.01 Å². The molecule has 0 atom stereocenters. The number of hydrogen-bond donors (Lipinski definition) is 2. The molecule has 0 radical (unpaired) electrons. The summed E-state index contributed by atoms with van der Waals surface area (Å²) in [5, 5.41) is 5.80. The van der Waals surface area contributed by atoms with Crippen LogP contribution < -0.4 is 11.1 Å². The summed E-state index contributed by atoms with van der Waals surface area (Å²) in [5.74, 6) is -0.945. The van der Waals surface area contributed by atoms with Crippen molar-refractivity contribution < 1.29 is 13.7 Å². The van der Waals surface area contributed by atoms with Crippen LogP contribution >= 0.6 is 0 Å². The van der Waals surface area contributed by atoms with Crippen LogP contribution in [0.1, 0.15) is 21.7 Å². The van der Waals surface area contributed by atoms with Gasteiger partial charge in [0.25, 0.3) is 5.91 Å². The fraction of sp³-hybridized carbons (Fsp3) is 0.182. The Morgan fingerprint density at radius 1 is 1.44 bits per heavy atom. The van der Waals surface area contributed by atoms with Crippen molar-refractivity contribution >= 4 is 17.6 Å². The second-order valence-corrected chi connectivity index (χ2v) is 3.80. The van der Waals surface area contributed by atoms with Gasteiger partial charge in [0.05, 0.1) is 5.56 Å². The first kappa shape index (κ1) is 12.0. The molecule has 0 saturated heterocycles. The van der Waals surface area contributed by atoms with Crippen molar-refractivity contribution in [2.75, 3.05) is 11.1 Å². The number of carbonyl (C=O) groups excluding carboxylic acids is 1. The van der Waals surface area contributed by atoms with Crippen LogP contribution in [0.25, 0.3) is 0 Å². The van der Waals surface area contributed by atoms with Crippen LogP contribution in [0.5, 0.6) is 0 Å². The first-order chi connectivity index (χ1) is 8.47. The van der Waals surface area contributed by atoms with E-state index in [1.807, 2.05) is 0 Å². The highest BCUT2D eigenvalue weighted by molar-refractivity contribution is 6.04. The number of amides is 1. The maximum absolute atomic E-state index is 13.8. The molecule has 0 spiro atoms. The van der Waals surface area contributed by atoms with Gasteiger partial charge in [0.2, 0.25) is 0 Å². The lowest BCUT2D eigenvalue weighted by Gasteiger charge is -2.06. The molecule has 0 bridgehead atoms. The van der Waals surface area contributed by atoms with Gasteiger partial charge in [-0.15, -0.1) is 0 Å². The van der Waals surface area contributed by atoms with E-state index in [4.69, 9.17) is 10.3 Å². The molecule has 1 amide bonds. The summed E-state index contributed by atoms with van der Waals surface area (Å²) < 4.78 is 18.5. The molecule has 1 aromatic heterocycles. The SMILES string of the molecule is Cc1noc(NC(=O)c2cc(N)cc(C)c2F)n1. The molecule has 0 unspecified atom stereocenters. The van der Waals surface area contributed by atoms with Gasteiger partial charge in [0.1, 0.15) is 5.82 Å². The Labute approximate surface area is 102 Å². The molecule has 2 aromatic rings. The zero-order chi connectivity index (χ0) is 13.3. The highest BCUT2D eigenvalue weighted by atomic mass is 19.1. The predicted molar refractivity (Wildman–Crippen MR) is 62.5 cm³/mol. The average Bonchev–Trinajstić information content (AvgIpc) is 2.69. The van der Waals surface area contributed by atoms with E-state index >= 15 is 0 Å². The molecule has 0 fully saturated rings. The fourth-order valence-electron chi connectivity index (χ4n) is 1.48. The van der Waals surface area contributed by atoms with Crippen LogP contribution in [-0.2, 0) is 0 Å². The van der Waals surface area contributed by atoms with Crippen LogP contribution in [0.4, 0.5) is 16.1 Å². The number of nitrogens with one attached hydrogen (secondary N) is 1. The Kier molecular flexibility index (Phi) is 2.97. The Morgan fingerprint density at radius 2 is 2.17 bits per heavy atom. The van der Waals surface area contributed by atoms with Gasteiger partial charge in [-0.05, 0) is 31.5 Å². The lowest BCUT2D eigenvalue weighted by Crippen LogP contribution is -2.15. The lowest BCUT2D eigenvalue weighted by molar-refractivity contribution is 0.101. The van der Waals surface area contributed by atoms with Crippen molar-refractivity contribution in [2.45, 2.75) is 13.8 Å². The summed E-state index contributed by atoms with van der Waals surface area (Å²) in [5.41, 5.74) is 6.00. The first-order valence-corrected chi connectivity index (χ1v) is 5.14. The zero-order valence-corrected chi connectivity index (χ0v) is 9.82. The third kappa shape index (κ3) is 2.29. The third-order valence-corrected chi connectivity index (χ3v) is 2.27. The number of halogens is 1. The molecule has 0 aliphatic heterocycles. The first-order valence-electron chi connectivity index (χ1n) is 5.14. The maximum atomic E-state index is 13.8. The van der Waals surface area contributed by atoms with Crippen molar-refractivity contribution in [3.8, 4) is 0 Å². The zero-order valence-electron chi connectivity index (χ0n) is 9.82. The summed E-state index contributed by atoms with van der Waals surface area (Å²) in [6, 6.07) is 2.61. The molecule has 0 aliphatic carbocycles. The quantitative estimate of drug-likeness (QED) is 0.790. The van der Waals surface area contributed by atoms with E-state index in [0.29, 0.717) is 17.1 Å². The smallest absolute Gasteiger partial charge is 0.328 e. The minimum atomic E-state index is -0.688. The highest BCUT2D eigenvalue weighted by Crippen LogP contribution is 2.18. The van der Waals surface area contributed by atoms with Crippen molar-refractivity contribution in [2.24, 2.45) is 0 Å². The van der Waals surface area contributed by atoms with Gasteiger partial charge in [-0.25, -0.2) is 4.39 Å². The Bertz CT molecular complexity index is 609. The minimum absolute atomic E-state index is 0.0861. The molecule has 94 valence electrons. The Balaban J connectivity index is 2.29. The highest BCUT2D eigenvalue weighted by Gasteiger charge is 2.16. The summed E-state index contributed by atoms with van der Waals surface area (Å²) in [7, 11) is 0. The normalized spacial score (nSPS) is 10.4. The van der Waals surface area contributed by atoms with Gasteiger partial charge in [-0.2, -0.15) is 4.98 Å². The molecule has 6 nitrogen and oxygen atoms in total. The van der Waals surface area contributed by atoms with Gasteiger partial charge in [0, 0.05) is 5.69 Å². The molecule has 1 aromatic carbocycles. The predicted octanol–water partition coefficient (Wildman–Crippen LogP) is 1.66. The largest absolute Gasteiger partial charge is 0.399 e. The number of hydrogen-bond acceptors (Lipinski definition) is 5. The van der Waals surface area contributed by atoms with Gasteiger partial charge in [0.15, 0.2) is 5.82 Å². The Morgan fingerprint density at radius 3 is 2.78 bits per heavy atom. The summed E-state index contributed by atoms with van der Waals surface area (Å²) in [6.07, 6.45) is 0. The van der Waals surface area contributed by atoms with E-state index in [-0.39, 0.29) is 11.6 Å². The standard InChI is InChI=1S/C11H11FN4O2/c1-5-3-7(13)4-8(9(5)12)10(17)15-11-14-6(2)16-18-11/h3-4H,13H2,1-2H3,(H,14,15,16,17). The molecule has 0 aliphatic rings. The second kappa shape index (κ2) is 4.44. The summed E-state index contributed by atoms with van der Waals surface area (Å²) >= 11 is 0. The van der Waals surface area contributed by atoms with E-state index in [0.717, 1.165) is 0 Å². The van der Waals surface area contributed by atoms with Crippen molar-refractivity contribution in [1.82, 2.24) is 10.1 Å². The second-order valence-electron chi connectivity index (χ2n) is 3.80. The van der Waals surface area contributed by atoms with E-state index in [1.54, 1.807) is 6.92 Å². The number of anilines is 2. The summed E-state index contributed by atoms with van der Waals surface area (Å²) in [6.45, 7) is 3.13. The van der Waals surface area contributed by atoms with Crippen LogP contribution in [0, 0.1) is 19.7 Å². The topological polar surface area (TPSA) is 94.0 Å². The van der Waals surface area contributed by atoms with E-state index in [1.165, 1.54) is 19.1 Å². The fourth-order valence-corrected chi connectivity index (χ4v) is 1.48. The van der Waals surface area contributed by atoms with Crippen LogP contribution in [0.2, 0.25) is 0 Å². The van der Waals surface area contributed by atoms with Crippen molar-refractivity contribution in [3.63, 3.8) is 0 Å². The van der Waals surface area contributed by atoms with E-state index in [9.17, 15) is 9.18 Å². The molecule has 7 heteroatoms. The average molecular weight is 250 g/mol. The van der Waals surface area contributed by atoms with E-state index in [2.05, 4.69) is 15.5 Å². The number of carbonyl (C=O) groups is 1.